The van der Waals surface area contributed by atoms with Crippen LogP contribution in [0.25, 0.3) is 34.6 Å². The number of ether oxygens (including phenoxy) is 4. The van der Waals surface area contributed by atoms with Crippen LogP contribution < -0.4 is 15.2 Å². The number of hydrogen-bond donors (Lipinski definition) is 0. The number of carbonyl (C=O) groups excluding carboxylic acids is 2. The summed E-state index contributed by atoms with van der Waals surface area (Å²) in [6, 6.07) is 16.2. The standard InChI is InChI=1S/C31H28O6/c1-3-34-28(32)15-7-20-5-11-24-22(17-20)9-13-26-30(24)31-25-12-6-21(8-16-29(33)35-4-2)18-23(25)10-14-27(31)37-19-36-26/h5-13,15-18,27H,3-4,14,19H2,1-2H3/b15-7+,16-8+/t27-/m0/s1. The summed E-state index contributed by atoms with van der Waals surface area (Å²) in [5, 5.41) is 4.25. The lowest BCUT2D eigenvalue weighted by molar-refractivity contribution is -0.138. The Morgan fingerprint density at radius 2 is 1.62 bits per heavy atom. The SMILES string of the molecule is CCOC(=O)/C=C/c1ccc2c(c1)=CC[C@@H]1OCOc3ccc4cc(/C=C/C(=O)OCC)ccc4c3C=21. The van der Waals surface area contributed by atoms with Gasteiger partial charge in [0.2, 0.25) is 0 Å². The van der Waals surface area contributed by atoms with E-state index in [0.717, 1.165) is 49.2 Å². The van der Waals surface area contributed by atoms with E-state index >= 15 is 0 Å². The average molecular weight is 497 g/mol. The van der Waals surface area contributed by atoms with Gasteiger partial charge in [0.25, 0.3) is 0 Å². The first-order valence-electron chi connectivity index (χ1n) is 12.4. The normalized spacial score (nSPS) is 16.4. The van der Waals surface area contributed by atoms with Gasteiger partial charge in [-0.3, -0.25) is 0 Å². The molecule has 0 unspecified atom stereocenters. The molecule has 6 nitrogen and oxygen atoms in total. The summed E-state index contributed by atoms with van der Waals surface area (Å²) in [4.78, 5) is 23.5. The van der Waals surface area contributed by atoms with Crippen LogP contribution in [0.15, 0.2) is 60.7 Å². The average Bonchev–Trinajstić information content (AvgIpc) is 3.10. The van der Waals surface area contributed by atoms with Gasteiger partial charge in [-0.05, 0) is 83.0 Å². The molecule has 5 rings (SSSR count). The smallest absolute Gasteiger partial charge is 0.330 e. The first-order valence-corrected chi connectivity index (χ1v) is 12.4. The minimum atomic E-state index is -0.361. The van der Waals surface area contributed by atoms with Crippen LogP contribution in [0, 0.1) is 0 Å². The van der Waals surface area contributed by atoms with E-state index in [1.165, 1.54) is 12.2 Å². The highest BCUT2D eigenvalue weighted by atomic mass is 16.7. The lowest BCUT2D eigenvalue weighted by Crippen LogP contribution is -2.36. The molecule has 3 aromatic carbocycles. The molecule has 3 aromatic rings. The molecule has 6 heteroatoms. The Bertz CT molecular complexity index is 1550. The van der Waals surface area contributed by atoms with Gasteiger partial charge in [-0.2, -0.15) is 0 Å². The van der Waals surface area contributed by atoms with Gasteiger partial charge in [-0.25, -0.2) is 9.59 Å². The van der Waals surface area contributed by atoms with Crippen LogP contribution >= 0.6 is 0 Å². The van der Waals surface area contributed by atoms with Crippen LogP contribution in [0.5, 0.6) is 5.75 Å². The van der Waals surface area contributed by atoms with Gasteiger partial charge in [-0.1, -0.05) is 36.4 Å². The Morgan fingerprint density at radius 1 is 0.919 bits per heavy atom. The highest BCUT2D eigenvalue weighted by Gasteiger charge is 2.27. The maximum absolute atomic E-state index is 11.7. The summed E-state index contributed by atoms with van der Waals surface area (Å²) in [7, 11) is 0. The molecule has 1 aliphatic carbocycles. The minimum Gasteiger partial charge on any atom is -0.467 e. The van der Waals surface area contributed by atoms with Crippen LogP contribution in [0.2, 0.25) is 0 Å². The Morgan fingerprint density at radius 3 is 2.35 bits per heavy atom. The quantitative estimate of drug-likeness (QED) is 0.378. The van der Waals surface area contributed by atoms with E-state index in [1.54, 1.807) is 26.0 Å². The fourth-order valence-corrected chi connectivity index (χ4v) is 4.79. The molecule has 1 atom stereocenters. The molecular formula is C31H28O6. The van der Waals surface area contributed by atoms with Crippen molar-refractivity contribution >= 4 is 46.5 Å². The van der Waals surface area contributed by atoms with Gasteiger partial charge in [-0.15, -0.1) is 0 Å². The highest BCUT2D eigenvalue weighted by molar-refractivity contribution is 5.99. The van der Waals surface area contributed by atoms with E-state index < -0.39 is 0 Å². The third kappa shape index (κ3) is 5.20. The van der Waals surface area contributed by atoms with Crippen LogP contribution in [0.3, 0.4) is 0 Å². The van der Waals surface area contributed by atoms with Gasteiger partial charge in [0.1, 0.15) is 5.75 Å². The van der Waals surface area contributed by atoms with Crippen molar-refractivity contribution in [2.24, 2.45) is 0 Å². The van der Waals surface area contributed by atoms with E-state index in [2.05, 4.69) is 24.3 Å². The van der Waals surface area contributed by atoms with Gasteiger partial charge >= 0.3 is 11.9 Å². The Hall–Kier alpha value is -4.16. The fraction of sp³-hybridized carbons (Fsp3) is 0.226. The maximum Gasteiger partial charge on any atom is 0.330 e. The molecule has 0 N–H and O–H groups in total. The molecule has 0 amide bonds. The predicted molar refractivity (Wildman–Crippen MR) is 143 cm³/mol. The van der Waals surface area contributed by atoms with Crippen molar-refractivity contribution < 1.29 is 28.5 Å². The number of carbonyl (C=O) groups is 2. The molecule has 37 heavy (non-hydrogen) atoms. The minimum absolute atomic E-state index is 0.135. The maximum atomic E-state index is 11.7. The van der Waals surface area contributed by atoms with Crippen molar-refractivity contribution in [3.05, 3.63) is 87.8 Å². The van der Waals surface area contributed by atoms with Gasteiger partial charge in [0.05, 0.1) is 19.3 Å². The fourth-order valence-electron chi connectivity index (χ4n) is 4.79. The number of hydrogen-bond acceptors (Lipinski definition) is 6. The second-order valence-corrected chi connectivity index (χ2v) is 8.71. The second kappa shape index (κ2) is 10.8. The van der Waals surface area contributed by atoms with Crippen molar-refractivity contribution in [1.82, 2.24) is 0 Å². The third-order valence-electron chi connectivity index (χ3n) is 6.40. The summed E-state index contributed by atoms with van der Waals surface area (Å²) in [6.45, 7) is 4.44. The molecule has 188 valence electrons. The highest BCUT2D eigenvalue weighted by Crippen LogP contribution is 2.38. The van der Waals surface area contributed by atoms with Crippen LogP contribution in [0.4, 0.5) is 0 Å². The largest absolute Gasteiger partial charge is 0.467 e. The zero-order valence-electron chi connectivity index (χ0n) is 20.9. The summed E-state index contributed by atoms with van der Waals surface area (Å²) >= 11 is 0. The Balaban J connectivity index is 1.62. The van der Waals surface area contributed by atoms with E-state index in [-0.39, 0.29) is 24.8 Å². The van der Waals surface area contributed by atoms with Gasteiger partial charge in [0.15, 0.2) is 6.79 Å². The summed E-state index contributed by atoms with van der Waals surface area (Å²) in [6.07, 6.45) is 9.16. The number of benzene rings is 3. The second-order valence-electron chi connectivity index (χ2n) is 8.71. The molecule has 0 saturated carbocycles. The molecule has 0 bridgehead atoms. The molecule has 2 aliphatic rings. The van der Waals surface area contributed by atoms with Crippen LogP contribution in [-0.2, 0) is 23.8 Å². The first kappa shape index (κ1) is 24.5. The molecule has 1 heterocycles. The van der Waals surface area contributed by atoms with Crippen molar-refractivity contribution in [3.8, 4) is 5.75 Å². The summed E-state index contributed by atoms with van der Waals surface area (Å²) in [5.74, 6) is 0.0591. The molecule has 0 fully saturated rings. The summed E-state index contributed by atoms with van der Waals surface area (Å²) < 4.78 is 22.1. The zero-order valence-corrected chi connectivity index (χ0v) is 20.9. The zero-order chi connectivity index (χ0) is 25.8. The van der Waals surface area contributed by atoms with Crippen LogP contribution in [-0.4, -0.2) is 38.0 Å². The van der Waals surface area contributed by atoms with Gasteiger partial charge in [0, 0.05) is 23.3 Å². The monoisotopic (exact) mass is 496 g/mol. The van der Waals surface area contributed by atoms with E-state index in [4.69, 9.17) is 18.9 Å². The molecule has 0 aromatic heterocycles. The van der Waals surface area contributed by atoms with Crippen LogP contribution in [0.1, 0.15) is 37.0 Å². The van der Waals surface area contributed by atoms with E-state index in [0.29, 0.717) is 19.6 Å². The molecule has 1 aliphatic heterocycles. The summed E-state index contributed by atoms with van der Waals surface area (Å²) in [5.41, 5.74) is 3.93. The van der Waals surface area contributed by atoms with Gasteiger partial charge < -0.3 is 18.9 Å². The van der Waals surface area contributed by atoms with Crippen molar-refractivity contribution in [2.45, 2.75) is 26.4 Å². The number of fused-ring (bicyclic) bond motifs is 6. The molecular weight excluding hydrogens is 468 g/mol. The topological polar surface area (TPSA) is 71.1 Å². The predicted octanol–water partition coefficient (Wildman–Crippen LogP) is 4.11. The van der Waals surface area contributed by atoms with Crippen molar-refractivity contribution in [3.63, 3.8) is 0 Å². The number of esters is 2. The molecule has 0 radical (unpaired) electrons. The first-order chi connectivity index (χ1) is 18.1. The lowest BCUT2D eigenvalue weighted by atomic mass is 9.87. The molecule has 0 saturated heterocycles. The Kier molecular flexibility index (Phi) is 7.19. The van der Waals surface area contributed by atoms with E-state index in [1.807, 2.05) is 30.3 Å². The molecule has 0 spiro atoms. The van der Waals surface area contributed by atoms with Crippen molar-refractivity contribution in [2.75, 3.05) is 20.0 Å². The van der Waals surface area contributed by atoms with Crippen molar-refractivity contribution in [1.29, 1.82) is 0 Å². The third-order valence-corrected chi connectivity index (χ3v) is 6.40. The van der Waals surface area contributed by atoms with E-state index in [9.17, 15) is 9.59 Å². The Labute approximate surface area is 215 Å². The lowest BCUT2D eigenvalue weighted by Gasteiger charge is -2.21. The number of rotatable bonds is 6.